The summed E-state index contributed by atoms with van der Waals surface area (Å²) in [6, 6.07) is 5.52. The van der Waals surface area contributed by atoms with Crippen molar-refractivity contribution in [1.82, 2.24) is 9.80 Å². The SMILES string of the molecule is Cc1cc(C(N)=O)ccc1CN1CCN(CC(=O)O)CC1. The summed E-state index contributed by atoms with van der Waals surface area (Å²) in [7, 11) is 0. The van der Waals surface area contributed by atoms with Gasteiger partial charge in [-0.25, -0.2) is 0 Å². The summed E-state index contributed by atoms with van der Waals surface area (Å²) < 4.78 is 0. The van der Waals surface area contributed by atoms with Crippen LogP contribution in [0.3, 0.4) is 0 Å². The number of primary amides is 1. The lowest BCUT2D eigenvalue weighted by atomic mass is 10.0. The molecule has 1 amide bonds. The van der Waals surface area contributed by atoms with Gasteiger partial charge in [0.2, 0.25) is 5.91 Å². The van der Waals surface area contributed by atoms with Crippen molar-refractivity contribution >= 4 is 11.9 Å². The minimum absolute atomic E-state index is 0.111. The van der Waals surface area contributed by atoms with E-state index in [1.54, 1.807) is 6.07 Å². The number of hydrogen-bond acceptors (Lipinski definition) is 4. The van der Waals surface area contributed by atoms with Gasteiger partial charge in [0.15, 0.2) is 0 Å². The first kappa shape index (κ1) is 15.5. The van der Waals surface area contributed by atoms with Crippen LogP contribution in [0.5, 0.6) is 0 Å². The molecule has 0 aliphatic carbocycles. The molecule has 1 aromatic carbocycles. The second-order valence-corrected chi connectivity index (χ2v) is 5.45. The number of hydrogen-bond donors (Lipinski definition) is 2. The molecule has 2 rings (SSSR count). The fourth-order valence-electron chi connectivity index (χ4n) is 2.56. The zero-order chi connectivity index (χ0) is 15.4. The maximum atomic E-state index is 11.1. The predicted molar refractivity (Wildman–Crippen MR) is 79.0 cm³/mol. The van der Waals surface area contributed by atoms with Crippen LogP contribution in [0.2, 0.25) is 0 Å². The molecule has 0 aromatic heterocycles. The third kappa shape index (κ3) is 4.27. The van der Waals surface area contributed by atoms with Crippen molar-refractivity contribution in [2.24, 2.45) is 5.73 Å². The van der Waals surface area contributed by atoms with Gasteiger partial charge in [0, 0.05) is 38.3 Å². The van der Waals surface area contributed by atoms with E-state index in [0.717, 1.165) is 38.3 Å². The van der Waals surface area contributed by atoms with Crippen LogP contribution in [-0.2, 0) is 11.3 Å². The lowest BCUT2D eigenvalue weighted by molar-refractivity contribution is -0.138. The first-order chi connectivity index (χ1) is 9.95. The Morgan fingerprint density at radius 3 is 2.33 bits per heavy atom. The second-order valence-electron chi connectivity index (χ2n) is 5.45. The van der Waals surface area contributed by atoms with Crippen molar-refractivity contribution in [1.29, 1.82) is 0 Å². The Morgan fingerprint density at radius 2 is 1.81 bits per heavy atom. The monoisotopic (exact) mass is 291 g/mol. The molecule has 6 nitrogen and oxygen atoms in total. The highest BCUT2D eigenvalue weighted by Crippen LogP contribution is 2.14. The van der Waals surface area contributed by atoms with Crippen molar-refractivity contribution in [3.8, 4) is 0 Å². The normalized spacial score (nSPS) is 16.8. The highest BCUT2D eigenvalue weighted by atomic mass is 16.4. The molecule has 1 aliphatic heterocycles. The summed E-state index contributed by atoms with van der Waals surface area (Å²) in [5.74, 6) is -1.19. The van der Waals surface area contributed by atoms with E-state index in [-0.39, 0.29) is 6.54 Å². The van der Waals surface area contributed by atoms with Gasteiger partial charge in [-0.15, -0.1) is 0 Å². The van der Waals surface area contributed by atoms with Crippen LogP contribution in [0.1, 0.15) is 21.5 Å². The number of carbonyl (C=O) groups is 2. The number of carboxylic acids is 1. The van der Waals surface area contributed by atoms with Crippen LogP contribution in [0, 0.1) is 6.92 Å². The highest BCUT2D eigenvalue weighted by Gasteiger charge is 2.19. The fourth-order valence-corrected chi connectivity index (χ4v) is 2.56. The van der Waals surface area contributed by atoms with Crippen LogP contribution >= 0.6 is 0 Å². The third-order valence-electron chi connectivity index (χ3n) is 3.84. The number of nitrogens with zero attached hydrogens (tertiary/aromatic N) is 2. The molecule has 1 fully saturated rings. The minimum atomic E-state index is -0.777. The average molecular weight is 291 g/mol. The molecule has 21 heavy (non-hydrogen) atoms. The predicted octanol–water partition coefficient (Wildman–Crippen LogP) is 0.296. The smallest absolute Gasteiger partial charge is 0.317 e. The van der Waals surface area contributed by atoms with E-state index >= 15 is 0 Å². The zero-order valence-corrected chi connectivity index (χ0v) is 12.2. The quantitative estimate of drug-likeness (QED) is 0.814. The number of rotatable bonds is 5. The summed E-state index contributed by atoms with van der Waals surface area (Å²) in [5.41, 5.74) is 8.03. The number of nitrogens with two attached hydrogens (primary N) is 1. The van der Waals surface area contributed by atoms with Gasteiger partial charge in [0.1, 0.15) is 0 Å². The number of carboxylic acid groups (broad SMARTS) is 1. The number of amides is 1. The van der Waals surface area contributed by atoms with Crippen LogP contribution in [0.25, 0.3) is 0 Å². The maximum Gasteiger partial charge on any atom is 0.317 e. The Hall–Kier alpha value is -1.92. The van der Waals surface area contributed by atoms with Gasteiger partial charge in [-0.05, 0) is 30.2 Å². The van der Waals surface area contributed by atoms with E-state index in [9.17, 15) is 9.59 Å². The van der Waals surface area contributed by atoms with E-state index in [1.165, 1.54) is 5.56 Å². The van der Waals surface area contributed by atoms with Crippen LogP contribution < -0.4 is 5.73 Å². The lowest BCUT2D eigenvalue weighted by Gasteiger charge is -2.34. The van der Waals surface area contributed by atoms with E-state index < -0.39 is 11.9 Å². The molecule has 0 spiro atoms. The van der Waals surface area contributed by atoms with Gasteiger partial charge >= 0.3 is 5.97 Å². The van der Waals surface area contributed by atoms with Gasteiger partial charge in [-0.2, -0.15) is 0 Å². The standard InChI is InChI=1S/C15H21N3O3/c1-11-8-12(15(16)21)2-3-13(11)9-17-4-6-18(7-5-17)10-14(19)20/h2-3,8H,4-7,9-10H2,1H3,(H2,16,21)(H,19,20). The largest absolute Gasteiger partial charge is 0.480 e. The van der Waals surface area contributed by atoms with Crippen LogP contribution in [-0.4, -0.2) is 59.5 Å². The Kier molecular flexibility index (Phi) is 4.93. The molecule has 1 aromatic rings. The van der Waals surface area contributed by atoms with E-state index in [2.05, 4.69) is 4.90 Å². The Labute approximate surface area is 124 Å². The third-order valence-corrected chi connectivity index (χ3v) is 3.84. The van der Waals surface area contributed by atoms with E-state index in [1.807, 2.05) is 24.0 Å². The van der Waals surface area contributed by atoms with Crippen molar-refractivity contribution in [2.75, 3.05) is 32.7 Å². The van der Waals surface area contributed by atoms with Gasteiger partial charge in [-0.3, -0.25) is 19.4 Å². The topological polar surface area (TPSA) is 86.9 Å². The molecule has 1 heterocycles. The van der Waals surface area contributed by atoms with Crippen LogP contribution in [0.15, 0.2) is 18.2 Å². The number of aliphatic carboxylic acids is 1. The van der Waals surface area contributed by atoms with Crippen molar-refractivity contribution in [2.45, 2.75) is 13.5 Å². The number of carbonyl (C=O) groups excluding carboxylic acids is 1. The Morgan fingerprint density at radius 1 is 1.19 bits per heavy atom. The molecular weight excluding hydrogens is 270 g/mol. The van der Waals surface area contributed by atoms with Crippen molar-refractivity contribution in [3.63, 3.8) is 0 Å². The molecule has 0 saturated carbocycles. The minimum Gasteiger partial charge on any atom is -0.480 e. The lowest BCUT2D eigenvalue weighted by Crippen LogP contribution is -2.47. The average Bonchev–Trinajstić information content (AvgIpc) is 2.42. The van der Waals surface area contributed by atoms with E-state index in [4.69, 9.17) is 10.8 Å². The van der Waals surface area contributed by atoms with Gasteiger partial charge in [0.25, 0.3) is 0 Å². The summed E-state index contributed by atoms with van der Waals surface area (Å²) in [4.78, 5) is 26.1. The first-order valence-electron chi connectivity index (χ1n) is 7.01. The number of benzene rings is 1. The molecule has 1 aliphatic rings. The molecule has 6 heteroatoms. The van der Waals surface area contributed by atoms with Gasteiger partial charge in [0.05, 0.1) is 6.54 Å². The first-order valence-corrected chi connectivity index (χ1v) is 7.01. The fraction of sp³-hybridized carbons (Fsp3) is 0.467. The summed E-state index contributed by atoms with van der Waals surface area (Å²) in [5, 5.41) is 8.78. The number of piperazine rings is 1. The second kappa shape index (κ2) is 6.69. The van der Waals surface area contributed by atoms with Gasteiger partial charge < -0.3 is 10.8 Å². The maximum absolute atomic E-state index is 11.1. The summed E-state index contributed by atoms with van der Waals surface area (Å²) in [6.07, 6.45) is 0. The molecule has 1 saturated heterocycles. The Balaban J connectivity index is 1.91. The molecule has 0 unspecified atom stereocenters. The molecule has 3 N–H and O–H groups in total. The van der Waals surface area contributed by atoms with Crippen molar-refractivity contribution in [3.05, 3.63) is 34.9 Å². The Bertz CT molecular complexity index is 537. The molecule has 0 radical (unpaired) electrons. The highest BCUT2D eigenvalue weighted by molar-refractivity contribution is 5.93. The molecule has 0 atom stereocenters. The molecule has 0 bridgehead atoms. The zero-order valence-electron chi connectivity index (χ0n) is 12.2. The summed E-state index contributed by atoms with van der Waals surface area (Å²) >= 11 is 0. The number of aryl methyl sites for hydroxylation is 1. The van der Waals surface area contributed by atoms with Crippen molar-refractivity contribution < 1.29 is 14.7 Å². The molecule has 114 valence electrons. The van der Waals surface area contributed by atoms with E-state index in [0.29, 0.717) is 5.56 Å². The van der Waals surface area contributed by atoms with Crippen LogP contribution in [0.4, 0.5) is 0 Å². The molecular formula is C15H21N3O3. The van der Waals surface area contributed by atoms with Gasteiger partial charge in [-0.1, -0.05) is 6.07 Å². The summed E-state index contributed by atoms with van der Waals surface area (Å²) in [6.45, 7) is 6.14.